The molecule has 106 valence electrons. The molecule has 2 rings (SSSR count). The Morgan fingerprint density at radius 3 is 2.55 bits per heavy atom. The van der Waals surface area contributed by atoms with E-state index in [1.54, 1.807) is 0 Å². The summed E-state index contributed by atoms with van der Waals surface area (Å²) in [5.41, 5.74) is 2.58. The monoisotopic (exact) mass is 463 g/mol. The summed E-state index contributed by atoms with van der Waals surface area (Å²) >= 11 is 12.0. The highest BCUT2D eigenvalue weighted by atomic mass is 127. The van der Waals surface area contributed by atoms with E-state index in [1.165, 1.54) is 14.7 Å². The molecule has 2 aromatic carbocycles. The zero-order chi connectivity index (χ0) is 14.5. The first-order chi connectivity index (χ1) is 9.60. The second-order valence-corrected chi connectivity index (χ2v) is 7.12. The maximum absolute atomic E-state index is 6.15. The van der Waals surface area contributed by atoms with Crippen LogP contribution in [0.5, 0.6) is 0 Å². The lowest BCUT2D eigenvalue weighted by molar-refractivity contribution is 0.547. The zero-order valence-electron chi connectivity index (χ0n) is 11.2. The van der Waals surface area contributed by atoms with E-state index < -0.39 is 0 Å². The van der Waals surface area contributed by atoms with Crippen LogP contribution in [-0.4, -0.2) is 6.54 Å². The molecule has 0 bridgehead atoms. The Hall–Kier alpha value is -0.100. The summed E-state index contributed by atoms with van der Waals surface area (Å²) in [5, 5.41) is 4.35. The van der Waals surface area contributed by atoms with Crippen LogP contribution in [0.1, 0.15) is 24.1 Å². The predicted molar refractivity (Wildman–Crippen MR) is 98.4 cm³/mol. The third kappa shape index (κ3) is 4.45. The first-order valence-corrected chi connectivity index (χ1v) is 8.78. The highest BCUT2D eigenvalue weighted by Gasteiger charge is 2.14. The van der Waals surface area contributed by atoms with Gasteiger partial charge in [0.2, 0.25) is 0 Å². The van der Waals surface area contributed by atoms with Gasteiger partial charge in [0.15, 0.2) is 0 Å². The molecule has 0 saturated carbocycles. The number of nitrogens with one attached hydrogen (secondary N) is 1. The Kier molecular flexibility index (Phi) is 6.33. The van der Waals surface area contributed by atoms with Crippen molar-refractivity contribution >= 4 is 50.1 Å². The minimum absolute atomic E-state index is 0.284. The second-order valence-electron chi connectivity index (χ2n) is 4.61. The van der Waals surface area contributed by atoms with E-state index in [0.717, 1.165) is 22.5 Å². The molecule has 1 N–H and O–H groups in total. The fourth-order valence-corrected chi connectivity index (χ4v) is 3.33. The lowest BCUT2D eigenvalue weighted by Gasteiger charge is -2.20. The summed E-state index contributed by atoms with van der Waals surface area (Å²) in [6, 6.07) is 14.8. The van der Waals surface area contributed by atoms with Crippen LogP contribution in [0, 0.1) is 3.57 Å². The van der Waals surface area contributed by atoms with Crippen molar-refractivity contribution in [2.75, 3.05) is 6.54 Å². The van der Waals surface area contributed by atoms with Gasteiger partial charge in [-0.3, -0.25) is 0 Å². The van der Waals surface area contributed by atoms with Gasteiger partial charge >= 0.3 is 0 Å². The van der Waals surface area contributed by atoms with Crippen LogP contribution in [-0.2, 0) is 6.42 Å². The van der Waals surface area contributed by atoms with Crippen molar-refractivity contribution in [3.05, 3.63) is 66.7 Å². The van der Waals surface area contributed by atoms with Crippen molar-refractivity contribution in [2.24, 2.45) is 0 Å². The number of likely N-dealkylation sites (N-methyl/N-ethyl adjacent to an activating group) is 1. The molecule has 0 fully saturated rings. The van der Waals surface area contributed by atoms with Crippen molar-refractivity contribution in [1.82, 2.24) is 5.32 Å². The van der Waals surface area contributed by atoms with Crippen molar-refractivity contribution in [1.29, 1.82) is 0 Å². The van der Waals surface area contributed by atoms with Crippen molar-refractivity contribution in [3.8, 4) is 0 Å². The Morgan fingerprint density at radius 1 is 1.20 bits per heavy atom. The zero-order valence-corrected chi connectivity index (χ0v) is 15.7. The summed E-state index contributed by atoms with van der Waals surface area (Å²) in [6.45, 7) is 3.07. The molecule has 1 nitrogen and oxygen atoms in total. The molecule has 1 unspecified atom stereocenters. The third-order valence-corrected chi connectivity index (χ3v) is 4.88. The Morgan fingerprint density at radius 2 is 1.90 bits per heavy atom. The summed E-state index contributed by atoms with van der Waals surface area (Å²) < 4.78 is 2.36. The normalized spacial score (nSPS) is 12.4. The van der Waals surface area contributed by atoms with E-state index in [2.05, 4.69) is 87.2 Å². The van der Waals surface area contributed by atoms with Gasteiger partial charge in [-0.25, -0.2) is 0 Å². The molecule has 0 radical (unpaired) electrons. The first-order valence-electron chi connectivity index (χ1n) is 6.53. The lowest BCUT2D eigenvalue weighted by Crippen LogP contribution is -2.23. The molecule has 0 aromatic heterocycles. The van der Waals surface area contributed by atoms with E-state index in [9.17, 15) is 0 Å². The first kappa shape index (κ1) is 16.3. The molecule has 0 aliphatic carbocycles. The number of benzene rings is 2. The Balaban J connectivity index is 2.26. The average Bonchev–Trinajstić information content (AvgIpc) is 2.43. The molecule has 4 heteroatoms. The molecular formula is C16H16BrClIN. The van der Waals surface area contributed by atoms with E-state index in [0.29, 0.717) is 0 Å². The molecule has 0 heterocycles. The molecule has 0 spiro atoms. The summed E-state index contributed by atoms with van der Waals surface area (Å²) in [7, 11) is 0. The highest BCUT2D eigenvalue weighted by Crippen LogP contribution is 2.27. The summed E-state index contributed by atoms with van der Waals surface area (Å²) in [5.74, 6) is 0. The van der Waals surface area contributed by atoms with Gasteiger partial charge in [-0.2, -0.15) is 0 Å². The maximum Gasteiger partial charge on any atom is 0.0410 e. The summed E-state index contributed by atoms with van der Waals surface area (Å²) in [6.07, 6.45) is 0.956. The molecular weight excluding hydrogens is 448 g/mol. The van der Waals surface area contributed by atoms with E-state index >= 15 is 0 Å². The van der Waals surface area contributed by atoms with Gasteiger partial charge in [-0.1, -0.05) is 46.6 Å². The standard InChI is InChI=1S/C16H16BrClIN/c1-2-20-16(9-11-3-5-12(17)6-4-11)14-10-13(18)7-8-15(14)19/h3-8,10,16,20H,2,9H2,1H3. The van der Waals surface area contributed by atoms with Crippen LogP contribution in [0.2, 0.25) is 5.02 Å². The minimum Gasteiger partial charge on any atom is -0.310 e. The fraction of sp³-hybridized carbons (Fsp3) is 0.250. The Labute approximate surface area is 147 Å². The van der Waals surface area contributed by atoms with Crippen LogP contribution in [0.3, 0.4) is 0 Å². The van der Waals surface area contributed by atoms with Gasteiger partial charge in [0.1, 0.15) is 0 Å². The number of halogens is 3. The molecule has 2 aromatic rings. The van der Waals surface area contributed by atoms with E-state index in [4.69, 9.17) is 11.6 Å². The third-order valence-electron chi connectivity index (χ3n) is 3.14. The van der Waals surface area contributed by atoms with Crippen LogP contribution < -0.4 is 5.32 Å². The largest absolute Gasteiger partial charge is 0.310 e. The predicted octanol–water partition coefficient (Wildman–Crippen LogP) is 5.60. The van der Waals surface area contributed by atoms with E-state index in [-0.39, 0.29) is 6.04 Å². The molecule has 0 amide bonds. The van der Waals surface area contributed by atoms with Gasteiger partial charge in [0, 0.05) is 19.1 Å². The van der Waals surface area contributed by atoms with Crippen molar-refractivity contribution < 1.29 is 0 Å². The van der Waals surface area contributed by atoms with Gasteiger partial charge in [0.25, 0.3) is 0 Å². The number of hydrogen-bond acceptors (Lipinski definition) is 1. The van der Waals surface area contributed by atoms with Gasteiger partial charge in [-0.15, -0.1) is 0 Å². The molecule has 1 atom stereocenters. The highest BCUT2D eigenvalue weighted by molar-refractivity contribution is 14.1. The van der Waals surface area contributed by atoms with Crippen LogP contribution in [0.25, 0.3) is 0 Å². The Bertz CT molecular complexity index is 571. The van der Waals surface area contributed by atoms with Crippen LogP contribution >= 0.6 is 50.1 Å². The summed E-state index contributed by atoms with van der Waals surface area (Å²) in [4.78, 5) is 0. The number of hydrogen-bond donors (Lipinski definition) is 1. The quantitative estimate of drug-likeness (QED) is 0.568. The lowest BCUT2D eigenvalue weighted by atomic mass is 9.99. The molecule has 0 saturated heterocycles. The molecule has 20 heavy (non-hydrogen) atoms. The maximum atomic E-state index is 6.15. The smallest absolute Gasteiger partial charge is 0.0410 e. The van der Waals surface area contributed by atoms with Crippen LogP contribution in [0.4, 0.5) is 0 Å². The fourth-order valence-electron chi connectivity index (χ4n) is 2.18. The van der Waals surface area contributed by atoms with Gasteiger partial charge in [-0.05, 0) is 77.0 Å². The van der Waals surface area contributed by atoms with Gasteiger partial charge in [0.05, 0.1) is 0 Å². The number of rotatable bonds is 5. The van der Waals surface area contributed by atoms with Crippen molar-refractivity contribution in [3.63, 3.8) is 0 Å². The molecule has 0 aliphatic rings. The molecule has 0 aliphatic heterocycles. The van der Waals surface area contributed by atoms with Crippen molar-refractivity contribution in [2.45, 2.75) is 19.4 Å². The van der Waals surface area contributed by atoms with Gasteiger partial charge < -0.3 is 5.32 Å². The minimum atomic E-state index is 0.284. The average molecular weight is 465 g/mol. The van der Waals surface area contributed by atoms with E-state index in [1.807, 2.05) is 6.07 Å². The second kappa shape index (κ2) is 7.78. The van der Waals surface area contributed by atoms with Crippen LogP contribution in [0.15, 0.2) is 46.9 Å². The SMILES string of the molecule is CCNC(Cc1ccc(Br)cc1)c1cc(Cl)ccc1I. The topological polar surface area (TPSA) is 12.0 Å².